The normalized spacial score (nSPS) is 11.9. The lowest BCUT2D eigenvalue weighted by molar-refractivity contribution is 0.0599. The molecule has 0 heterocycles. The van der Waals surface area contributed by atoms with Crippen molar-refractivity contribution in [1.29, 1.82) is 0 Å². The third-order valence-corrected chi connectivity index (χ3v) is 6.38. The Morgan fingerprint density at radius 3 is 2.04 bits per heavy atom. The molecule has 0 saturated heterocycles. The van der Waals surface area contributed by atoms with E-state index in [1.165, 1.54) is 25.3 Å². The van der Waals surface area contributed by atoms with Gasteiger partial charge in [-0.2, -0.15) is 8.42 Å². The van der Waals surface area contributed by atoms with Gasteiger partial charge in [0.2, 0.25) is 0 Å². The Bertz CT molecular complexity index is 1260. The van der Waals surface area contributed by atoms with Crippen molar-refractivity contribution in [2.45, 2.75) is 9.79 Å². The van der Waals surface area contributed by atoms with E-state index in [0.717, 1.165) is 18.4 Å². The Labute approximate surface area is 162 Å². The van der Waals surface area contributed by atoms with Crippen LogP contribution in [0, 0.1) is 0 Å². The Hall–Kier alpha value is -2.91. The fourth-order valence-corrected chi connectivity index (χ4v) is 4.21. The molecule has 28 heavy (non-hydrogen) atoms. The van der Waals surface area contributed by atoms with Crippen LogP contribution in [0.3, 0.4) is 0 Å². The fourth-order valence-electron chi connectivity index (χ4n) is 2.61. The van der Waals surface area contributed by atoms with Crippen LogP contribution >= 0.6 is 0 Å². The quantitative estimate of drug-likeness (QED) is 0.462. The van der Waals surface area contributed by atoms with Crippen LogP contribution in [0.25, 0.3) is 10.8 Å². The fraction of sp³-hybridized carbons (Fsp3) is 0.105. The number of hydrogen-bond acceptors (Lipinski definition) is 7. The first-order valence-electron chi connectivity index (χ1n) is 7.98. The summed E-state index contributed by atoms with van der Waals surface area (Å²) >= 11 is 0. The number of methoxy groups -OCH3 is 1. The number of hydrogen-bond donors (Lipinski definition) is 0. The number of esters is 1. The van der Waals surface area contributed by atoms with Crippen molar-refractivity contribution in [2.24, 2.45) is 0 Å². The molecule has 146 valence electrons. The first-order chi connectivity index (χ1) is 13.1. The number of benzene rings is 3. The SMILES string of the molecule is COC(=O)c1ccc2ccccc2c1OS(=O)(=O)c1ccc(S(C)(=O)=O)cc1. The number of sulfone groups is 1. The lowest BCUT2D eigenvalue weighted by Gasteiger charge is -2.13. The predicted molar refractivity (Wildman–Crippen MR) is 103 cm³/mol. The second-order valence-corrected chi connectivity index (χ2v) is 9.50. The molecular formula is C19H16O7S2. The molecule has 9 heteroatoms. The summed E-state index contributed by atoms with van der Waals surface area (Å²) in [5.41, 5.74) is -0.0440. The van der Waals surface area contributed by atoms with E-state index in [1.54, 1.807) is 30.3 Å². The molecule has 0 aliphatic rings. The molecule has 0 aliphatic heterocycles. The topological polar surface area (TPSA) is 104 Å². The third-order valence-electron chi connectivity index (χ3n) is 4.02. The lowest BCUT2D eigenvalue weighted by Crippen LogP contribution is -2.13. The summed E-state index contributed by atoms with van der Waals surface area (Å²) in [5, 5.41) is 1.09. The molecular weight excluding hydrogens is 404 g/mol. The second kappa shape index (κ2) is 7.25. The maximum absolute atomic E-state index is 12.7. The van der Waals surface area contributed by atoms with Gasteiger partial charge in [-0.15, -0.1) is 0 Å². The zero-order chi connectivity index (χ0) is 20.5. The van der Waals surface area contributed by atoms with Gasteiger partial charge in [0.05, 0.1) is 12.0 Å². The zero-order valence-electron chi connectivity index (χ0n) is 14.9. The molecule has 0 amide bonds. The van der Waals surface area contributed by atoms with Crippen molar-refractivity contribution in [3.63, 3.8) is 0 Å². The summed E-state index contributed by atoms with van der Waals surface area (Å²) in [7, 11) is -6.62. The minimum atomic E-state index is -4.33. The van der Waals surface area contributed by atoms with Crippen LogP contribution in [-0.4, -0.2) is 36.2 Å². The molecule has 0 aliphatic carbocycles. The first-order valence-corrected chi connectivity index (χ1v) is 11.3. The molecule has 3 rings (SSSR count). The monoisotopic (exact) mass is 420 g/mol. The molecule has 0 aromatic heterocycles. The minimum absolute atomic E-state index is 0.0214. The van der Waals surface area contributed by atoms with Crippen molar-refractivity contribution in [2.75, 3.05) is 13.4 Å². The average molecular weight is 420 g/mol. The van der Waals surface area contributed by atoms with Crippen LogP contribution in [0.2, 0.25) is 0 Å². The average Bonchev–Trinajstić information content (AvgIpc) is 2.67. The third kappa shape index (κ3) is 3.85. The molecule has 0 unspecified atom stereocenters. The van der Waals surface area contributed by atoms with Gasteiger partial charge >= 0.3 is 16.1 Å². The lowest BCUT2D eigenvalue weighted by atomic mass is 10.1. The molecule has 0 atom stereocenters. The number of carbonyl (C=O) groups excluding carboxylic acids is 1. The van der Waals surface area contributed by atoms with Gasteiger partial charge in [0, 0.05) is 11.6 Å². The Balaban J connectivity index is 2.11. The van der Waals surface area contributed by atoms with Gasteiger partial charge in [-0.25, -0.2) is 13.2 Å². The molecule has 7 nitrogen and oxygen atoms in total. The van der Waals surface area contributed by atoms with E-state index in [0.29, 0.717) is 10.8 Å². The highest BCUT2D eigenvalue weighted by Crippen LogP contribution is 2.33. The molecule has 0 saturated carbocycles. The van der Waals surface area contributed by atoms with E-state index in [2.05, 4.69) is 0 Å². The van der Waals surface area contributed by atoms with Crippen molar-refractivity contribution in [3.05, 3.63) is 66.2 Å². The zero-order valence-corrected chi connectivity index (χ0v) is 16.6. The van der Waals surface area contributed by atoms with Gasteiger partial charge in [-0.3, -0.25) is 0 Å². The van der Waals surface area contributed by atoms with Gasteiger partial charge in [-0.05, 0) is 35.7 Å². The van der Waals surface area contributed by atoms with E-state index in [-0.39, 0.29) is 21.1 Å². The van der Waals surface area contributed by atoms with Crippen LogP contribution < -0.4 is 4.18 Å². The summed E-state index contributed by atoms with van der Waals surface area (Å²) in [6, 6.07) is 14.5. The van der Waals surface area contributed by atoms with E-state index >= 15 is 0 Å². The van der Waals surface area contributed by atoms with E-state index in [1.807, 2.05) is 0 Å². The van der Waals surface area contributed by atoms with E-state index in [9.17, 15) is 21.6 Å². The number of rotatable bonds is 5. The van der Waals surface area contributed by atoms with E-state index in [4.69, 9.17) is 8.92 Å². The van der Waals surface area contributed by atoms with E-state index < -0.39 is 25.9 Å². The predicted octanol–water partition coefficient (Wildman–Crippen LogP) is 2.80. The highest BCUT2D eigenvalue weighted by atomic mass is 32.2. The van der Waals surface area contributed by atoms with Crippen LogP contribution in [0.4, 0.5) is 0 Å². The van der Waals surface area contributed by atoms with Crippen molar-refractivity contribution in [3.8, 4) is 5.75 Å². The van der Waals surface area contributed by atoms with Gasteiger partial charge in [0.15, 0.2) is 15.6 Å². The Morgan fingerprint density at radius 1 is 0.821 bits per heavy atom. The molecule has 0 radical (unpaired) electrons. The number of fused-ring (bicyclic) bond motifs is 1. The largest absolute Gasteiger partial charge is 0.465 e. The smallest absolute Gasteiger partial charge is 0.341 e. The summed E-state index contributed by atoms with van der Waals surface area (Å²) in [5.74, 6) is -0.902. The maximum Gasteiger partial charge on any atom is 0.341 e. The number of ether oxygens (including phenoxy) is 1. The molecule has 3 aromatic rings. The van der Waals surface area contributed by atoms with Gasteiger partial charge in [0.1, 0.15) is 10.5 Å². The molecule has 0 bridgehead atoms. The van der Waals surface area contributed by atoms with Crippen molar-refractivity contribution < 1.29 is 30.6 Å². The van der Waals surface area contributed by atoms with Crippen LogP contribution in [0.15, 0.2) is 70.5 Å². The molecule has 0 fully saturated rings. The van der Waals surface area contributed by atoms with Crippen LogP contribution in [0.5, 0.6) is 5.75 Å². The molecule has 3 aromatic carbocycles. The van der Waals surface area contributed by atoms with Crippen LogP contribution in [-0.2, 0) is 24.7 Å². The Kier molecular flexibility index (Phi) is 5.14. The minimum Gasteiger partial charge on any atom is -0.465 e. The standard InChI is InChI=1S/C19H16O7S2/c1-25-19(20)17-12-7-13-5-3-4-6-16(13)18(17)26-28(23,24)15-10-8-14(9-11-15)27(2,21)22/h3-12H,1-2H3. The molecule has 0 spiro atoms. The maximum atomic E-state index is 12.7. The van der Waals surface area contributed by atoms with Gasteiger partial charge in [-0.1, -0.05) is 30.3 Å². The van der Waals surface area contributed by atoms with Crippen molar-refractivity contribution in [1.82, 2.24) is 0 Å². The second-order valence-electron chi connectivity index (χ2n) is 5.94. The highest BCUT2D eigenvalue weighted by Gasteiger charge is 2.24. The summed E-state index contributed by atoms with van der Waals surface area (Å²) in [4.78, 5) is 11.8. The summed E-state index contributed by atoms with van der Waals surface area (Å²) < 4.78 is 58.6. The van der Waals surface area contributed by atoms with Gasteiger partial charge in [0.25, 0.3) is 0 Å². The summed E-state index contributed by atoms with van der Waals surface area (Å²) in [6.45, 7) is 0. The first kappa shape index (κ1) is 19.8. The highest BCUT2D eigenvalue weighted by molar-refractivity contribution is 7.90. The van der Waals surface area contributed by atoms with Crippen molar-refractivity contribution >= 4 is 36.7 Å². The summed E-state index contributed by atoms with van der Waals surface area (Å²) in [6.07, 6.45) is 1.02. The Morgan fingerprint density at radius 2 is 1.43 bits per heavy atom. The van der Waals surface area contributed by atoms with Crippen LogP contribution in [0.1, 0.15) is 10.4 Å². The number of carbonyl (C=O) groups is 1. The van der Waals surface area contributed by atoms with Gasteiger partial charge < -0.3 is 8.92 Å². The molecule has 0 N–H and O–H groups in total.